The van der Waals surface area contributed by atoms with Gasteiger partial charge in [-0.25, -0.2) is 0 Å². The Kier molecular flexibility index (Phi) is 3.53. The number of carbonyl (C=O) groups is 1. The van der Waals surface area contributed by atoms with E-state index in [1.54, 1.807) is 0 Å². The van der Waals surface area contributed by atoms with E-state index in [0.717, 1.165) is 32.1 Å². The third-order valence-electron chi connectivity index (χ3n) is 3.76. The Labute approximate surface area is 86.1 Å². The van der Waals surface area contributed by atoms with Crippen molar-refractivity contribution in [2.45, 2.75) is 57.5 Å². The maximum atomic E-state index is 11.3. The number of aliphatic carboxylic acids is 1. The van der Waals surface area contributed by atoms with E-state index in [9.17, 15) is 9.90 Å². The first-order chi connectivity index (χ1) is 6.54. The van der Waals surface area contributed by atoms with Crippen molar-refractivity contribution in [1.29, 1.82) is 0 Å². The minimum atomic E-state index is -0.641. The zero-order valence-corrected chi connectivity index (χ0v) is 9.42. The van der Waals surface area contributed by atoms with Gasteiger partial charge in [0.25, 0.3) is 0 Å². The first kappa shape index (κ1) is 11.5. The van der Waals surface area contributed by atoms with E-state index in [0.29, 0.717) is 6.04 Å². The average molecular weight is 199 g/mol. The Morgan fingerprint density at radius 3 is 2.36 bits per heavy atom. The van der Waals surface area contributed by atoms with Crippen molar-refractivity contribution in [2.75, 3.05) is 7.05 Å². The summed E-state index contributed by atoms with van der Waals surface area (Å²) in [4.78, 5) is 13.4. The molecule has 0 amide bonds. The molecule has 1 rings (SSSR count). The van der Waals surface area contributed by atoms with Gasteiger partial charge in [0, 0.05) is 6.04 Å². The van der Waals surface area contributed by atoms with Crippen LogP contribution in [-0.2, 0) is 4.79 Å². The molecule has 1 aliphatic carbocycles. The van der Waals surface area contributed by atoms with Gasteiger partial charge >= 0.3 is 5.97 Å². The van der Waals surface area contributed by atoms with Crippen LogP contribution in [0.2, 0.25) is 0 Å². The van der Waals surface area contributed by atoms with Gasteiger partial charge in [0.1, 0.15) is 5.54 Å². The van der Waals surface area contributed by atoms with E-state index < -0.39 is 11.5 Å². The second kappa shape index (κ2) is 4.30. The van der Waals surface area contributed by atoms with E-state index in [1.807, 2.05) is 7.05 Å². The van der Waals surface area contributed by atoms with Gasteiger partial charge < -0.3 is 5.11 Å². The lowest BCUT2D eigenvalue weighted by molar-refractivity contribution is -0.152. The van der Waals surface area contributed by atoms with Crippen molar-refractivity contribution in [3.8, 4) is 0 Å². The Balaban J connectivity index is 2.82. The fourth-order valence-corrected chi connectivity index (χ4v) is 2.37. The van der Waals surface area contributed by atoms with Crippen molar-refractivity contribution < 1.29 is 9.90 Å². The normalized spacial score (nSPS) is 22.6. The number of nitrogens with zero attached hydrogens (tertiary/aromatic N) is 1. The summed E-state index contributed by atoms with van der Waals surface area (Å²) < 4.78 is 0. The molecule has 0 spiro atoms. The maximum absolute atomic E-state index is 11.3. The van der Waals surface area contributed by atoms with E-state index in [-0.39, 0.29) is 0 Å². The highest BCUT2D eigenvalue weighted by Crippen LogP contribution is 2.36. The van der Waals surface area contributed by atoms with E-state index in [4.69, 9.17) is 0 Å². The first-order valence-electron chi connectivity index (χ1n) is 5.51. The Bertz CT molecular complexity index is 209. The summed E-state index contributed by atoms with van der Waals surface area (Å²) in [5.41, 5.74) is -0.574. The van der Waals surface area contributed by atoms with E-state index in [2.05, 4.69) is 18.7 Å². The van der Waals surface area contributed by atoms with E-state index in [1.165, 1.54) is 0 Å². The predicted molar refractivity (Wildman–Crippen MR) is 56.4 cm³/mol. The summed E-state index contributed by atoms with van der Waals surface area (Å²) in [7, 11) is 1.95. The number of rotatable bonds is 4. The molecule has 3 heteroatoms. The lowest BCUT2D eigenvalue weighted by Gasteiger charge is -2.38. The van der Waals surface area contributed by atoms with Crippen LogP contribution in [0.1, 0.15) is 46.0 Å². The number of likely N-dealkylation sites (N-methyl/N-ethyl adjacent to an activating group) is 1. The van der Waals surface area contributed by atoms with Gasteiger partial charge in [-0.1, -0.05) is 19.8 Å². The lowest BCUT2D eigenvalue weighted by atomic mass is 9.93. The number of hydrogen-bond donors (Lipinski definition) is 1. The van der Waals surface area contributed by atoms with Crippen molar-refractivity contribution >= 4 is 5.97 Å². The molecular formula is C11H21NO2. The zero-order chi connectivity index (χ0) is 10.8. The van der Waals surface area contributed by atoms with E-state index >= 15 is 0 Å². The molecule has 82 valence electrons. The minimum absolute atomic E-state index is 0.351. The molecule has 0 heterocycles. The molecule has 0 aromatic carbocycles. The van der Waals surface area contributed by atoms with Gasteiger partial charge in [-0.15, -0.1) is 0 Å². The van der Waals surface area contributed by atoms with Crippen molar-refractivity contribution in [1.82, 2.24) is 4.90 Å². The molecule has 1 fully saturated rings. The fraction of sp³-hybridized carbons (Fsp3) is 0.909. The van der Waals surface area contributed by atoms with Crippen molar-refractivity contribution in [3.05, 3.63) is 0 Å². The number of carboxylic acid groups (broad SMARTS) is 1. The molecule has 0 bridgehead atoms. The van der Waals surface area contributed by atoms with Crippen molar-refractivity contribution in [2.24, 2.45) is 0 Å². The summed E-state index contributed by atoms with van der Waals surface area (Å²) in [6, 6.07) is 0.351. The molecule has 0 aromatic rings. The Hall–Kier alpha value is -0.570. The van der Waals surface area contributed by atoms with Gasteiger partial charge in [0.2, 0.25) is 0 Å². The highest BCUT2D eigenvalue weighted by atomic mass is 16.4. The van der Waals surface area contributed by atoms with Crippen LogP contribution in [0.25, 0.3) is 0 Å². The van der Waals surface area contributed by atoms with Crippen LogP contribution in [0, 0.1) is 0 Å². The predicted octanol–water partition coefficient (Wildman–Crippen LogP) is 2.11. The van der Waals surface area contributed by atoms with Gasteiger partial charge in [0.15, 0.2) is 0 Å². The summed E-state index contributed by atoms with van der Waals surface area (Å²) in [5, 5.41) is 9.34. The van der Waals surface area contributed by atoms with Crippen LogP contribution in [0.3, 0.4) is 0 Å². The fourth-order valence-electron chi connectivity index (χ4n) is 2.37. The molecule has 1 atom stereocenters. The molecular weight excluding hydrogens is 178 g/mol. The summed E-state index contributed by atoms with van der Waals surface area (Å²) in [6.07, 6.45) is 4.72. The monoisotopic (exact) mass is 199 g/mol. The van der Waals surface area contributed by atoms with Crippen LogP contribution in [0.4, 0.5) is 0 Å². The Morgan fingerprint density at radius 1 is 1.50 bits per heavy atom. The van der Waals surface area contributed by atoms with Crippen molar-refractivity contribution in [3.63, 3.8) is 0 Å². The molecule has 0 radical (unpaired) electrons. The molecule has 1 saturated carbocycles. The summed E-state index contributed by atoms with van der Waals surface area (Å²) in [6.45, 7) is 4.20. The molecule has 0 aromatic heterocycles. The molecule has 1 aliphatic rings. The molecule has 3 nitrogen and oxygen atoms in total. The topological polar surface area (TPSA) is 40.5 Å². The highest BCUT2D eigenvalue weighted by Gasteiger charge is 2.45. The van der Waals surface area contributed by atoms with Gasteiger partial charge in [-0.2, -0.15) is 0 Å². The first-order valence-corrected chi connectivity index (χ1v) is 5.51. The minimum Gasteiger partial charge on any atom is -0.480 e. The van der Waals surface area contributed by atoms with Crippen LogP contribution < -0.4 is 0 Å². The third-order valence-corrected chi connectivity index (χ3v) is 3.76. The number of hydrogen-bond acceptors (Lipinski definition) is 2. The molecule has 14 heavy (non-hydrogen) atoms. The molecule has 1 N–H and O–H groups in total. The number of carboxylic acids is 1. The van der Waals surface area contributed by atoms with Gasteiger partial charge in [-0.05, 0) is 33.2 Å². The SMILES string of the molecule is CCC(C)N(C)C1(C(=O)O)CCCC1. The zero-order valence-electron chi connectivity index (χ0n) is 9.42. The third kappa shape index (κ3) is 1.78. The standard InChI is InChI=1S/C11H21NO2/c1-4-9(2)12(3)11(10(13)14)7-5-6-8-11/h9H,4-8H2,1-3H3,(H,13,14). The molecule has 0 aliphatic heterocycles. The van der Waals surface area contributed by atoms with Crippen LogP contribution in [0.15, 0.2) is 0 Å². The summed E-state index contributed by atoms with van der Waals surface area (Å²) >= 11 is 0. The van der Waals surface area contributed by atoms with Crippen LogP contribution in [-0.4, -0.2) is 34.6 Å². The van der Waals surface area contributed by atoms with Gasteiger partial charge in [-0.3, -0.25) is 9.69 Å². The van der Waals surface area contributed by atoms with Crippen LogP contribution in [0.5, 0.6) is 0 Å². The smallest absolute Gasteiger partial charge is 0.324 e. The lowest BCUT2D eigenvalue weighted by Crippen LogP contribution is -2.54. The average Bonchev–Trinajstić information content (AvgIpc) is 2.65. The Morgan fingerprint density at radius 2 is 2.00 bits per heavy atom. The second-order valence-corrected chi connectivity index (χ2v) is 4.41. The maximum Gasteiger partial charge on any atom is 0.324 e. The largest absolute Gasteiger partial charge is 0.480 e. The summed E-state index contributed by atoms with van der Waals surface area (Å²) in [5.74, 6) is -0.641. The quantitative estimate of drug-likeness (QED) is 0.754. The molecule has 1 unspecified atom stereocenters. The van der Waals surface area contributed by atoms with Crippen LogP contribution >= 0.6 is 0 Å². The molecule has 0 saturated heterocycles. The second-order valence-electron chi connectivity index (χ2n) is 4.41. The van der Waals surface area contributed by atoms with Gasteiger partial charge in [0.05, 0.1) is 0 Å². The highest BCUT2D eigenvalue weighted by molar-refractivity contribution is 5.79.